The normalized spacial score (nSPS) is 14.7. The Hall–Kier alpha value is -3.38. The number of hydrogen-bond donors (Lipinski definition) is 2. The van der Waals surface area contributed by atoms with Gasteiger partial charge in [-0.1, -0.05) is 41.2 Å². The number of anilines is 1. The highest BCUT2D eigenvalue weighted by atomic mass is 35.5. The first-order valence-corrected chi connectivity index (χ1v) is 14.2. The van der Waals surface area contributed by atoms with Gasteiger partial charge >= 0.3 is 5.97 Å². The Morgan fingerprint density at radius 2 is 1.88 bits per heavy atom. The van der Waals surface area contributed by atoms with Crippen molar-refractivity contribution in [3.63, 3.8) is 0 Å². The zero-order valence-corrected chi connectivity index (χ0v) is 25.5. The molecule has 3 heterocycles. The molecular formula is C31H37ClN4O3S. The van der Waals surface area contributed by atoms with Crippen molar-refractivity contribution in [2.75, 3.05) is 11.4 Å². The lowest BCUT2D eigenvalue weighted by Gasteiger charge is -2.26. The van der Waals surface area contributed by atoms with Crippen LogP contribution in [0.25, 0.3) is 15.8 Å². The summed E-state index contributed by atoms with van der Waals surface area (Å²) in [5.74, 6) is -0.839. The number of carboxylic acids is 1. The maximum absolute atomic E-state index is 11.7. The van der Waals surface area contributed by atoms with Crippen LogP contribution in [0.3, 0.4) is 0 Å². The van der Waals surface area contributed by atoms with Crippen LogP contribution in [0.1, 0.15) is 60.8 Å². The number of aliphatic hydroxyl groups is 1. The highest BCUT2D eigenvalue weighted by Gasteiger charge is 2.26. The van der Waals surface area contributed by atoms with Crippen molar-refractivity contribution in [3.8, 4) is 12.8 Å². The Morgan fingerprint density at radius 3 is 2.52 bits per heavy atom. The highest BCUT2D eigenvalue weighted by Crippen LogP contribution is 2.40. The van der Waals surface area contributed by atoms with Crippen molar-refractivity contribution in [2.24, 2.45) is 7.05 Å². The summed E-state index contributed by atoms with van der Waals surface area (Å²) >= 11 is 7.87. The number of rotatable bonds is 4. The number of aliphatic carboxylic acids is 1. The number of carbonyl (C=O) groups is 1. The van der Waals surface area contributed by atoms with Gasteiger partial charge in [0.15, 0.2) is 5.13 Å². The molecule has 1 aliphatic heterocycles. The average molecular weight is 581 g/mol. The standard InChI is InChI=1S/C25H25ClN4O2S.C4H10O.C2H2/c1-14-11-21-24(23(18(14)12-22(31)32)16-5-4-6-17(26)8-7-16)33-25(27-21)30-10-9-20-19(13-30)15(2)29(3)28-20;1-4(2,3)5;1-2/h5-8,11H,4,9-10,12-13H2,1-3H3,(H,31,32);5H,1-3H3;1-2H. The smallest absolute Gasteiger partial charge is 0.307 e. The molecule has 0 saturated heterocycles. The molecule has 7 nitrogen and oxygen atoms in total. The molecule has 0 fully saturated rings. The predicted octanol–water partition coefficient (Wildman–Crippen LogP) is 6.33. The minimum atomic E-state index is -0.839. The van der Waals surface area contributed by atoms with E-state index in [4.69, 9.17) is 21.7 Å². The minimum absolute atomic E-state index is 0.0291. The summed E-state index contributed by atoms with van der Waals surface area (Å²) in [4.78, 5) is 19.0. The third-order valence-corrected chi connectivity index (χ3v) is 7.90. The van der Waals surface area contributed by atoms with Crippen LogP contribution in [0.4, 0.5) is 5.13 Å². The first-order chi connectivity index (χ1) is 18.8. The van der Waals surface area contributed by atoms with Gasteiger partial charge in [-0.25, -0.2) is 4.98 Å². The summed E-state index contributed by atoms with van der Waals surface area (Å²) in [5.41, 5.74) is 7.78. The van der Waals surface area contributed by atoms with Crippen molar-refractivity contribution in [3.05, 3.63) is 69.0 Å². The predicted molar refractivity (Wildman–Crippen MR) is 166 cm³/mol. The number of hydrogen-bond acceptors (Lipinski definition) is 6. The quantitative estimate of drug-likeness (QED) is 0.350. The lowest BCUT2D eigenvalue weighted by Crippen LogP contribution is -2.30. The van der Waals surface area contributed by atoms with Crippen molar-refractivity contribution >= 4 is 49.8 Å². The second-order valence-corrected chi connectivity index (χ2v) is 12.2. The van der Waals surface area contributed by atoms with Gasteiger partial charge in [0.25, 0.3) is 0 Å². The van der Waals surface area contributed by atoms with Gasteiger partial charge in [0.05, 0.1) is 27.9 Å². The van der Waals surface area contributed by atoms with E-state index in [-0.39, 0.29) is 6.42 Å². The number of aromatic nitrogens is 3. The molecule has 212 valence electrons. The molecule has 0 amide bonds. The highest BCUT2D eigenvalue weighted by molar-refractivity contribution is 7.22. The number of allylic oxidation sites excluding steroid dienone is 6. The van der Waals surface area contributed by atoms with Crippen molar-refractivity contribution in [2.45, 2.75) is 66.0 Å². The maximum Gasteiger partial charge on any atom is 0.307 e. The first kappa shape index (κ1) is 31.2. The van der Waals surface area contributed by atoms with E-state index >= 15 is 0 Å². The molecule has 2 aromatic heterocycles. The molecule has 0 saturated carbocycles. The molecule has 0 atom stereocenters. The molecule has 1 aliphatic carbocycles. The zero-order valence-electron chi connectivity index (χ0n) is 24.0. The Bertz CT molecular complexity index is 1510. The van der Waals surface area contributed by atoms with Gasteiger partial charge in [-0.05, 0) is 69.9 Å². The van der Waals surface area contributed by atoms with Gasteiger partial charge in [-0.3, -0.25) is 9.48 Å². The Balaban J connectivity index is 0.000000570. The number of carboxylic acid groups (broad SMARTS) is 1. The van der Waals surface area contributed by atoms with Gasteiger partial charge < -0.3 is 15.1 Å². The summed E-state index contributed by atoms with van der Waals surface area (Å²) in [6, 6.07) is 2.02. The van der Waals surface area contributed by atoms with Crippen molar-refractivity contribution in [1.82, 2.24) is 14.8 Å². The molecule has 9 heteroatoms. The van der Waals surface area contributed by atoms with Crippen molar-refractivity contribution < 1.29 is 15.0 Å². The van der Waals surface area contributed by atoms with E-state index in [0.29, 0.717) is 11.5 Å². The number of terminal acetylenes is 1. The lowest BCUT2D eigenvalue weighted by molar-refractivity contribution is -0.136. The number of halogens is 1. The molecule has 5 rings (SSSR count). The van der Waals surface area contributed by atoms with E-state index in [9.17, 15) is 9.90 Å². The molecule has 0 radical (unpaired) electrons. The second kappa shape index (κ2) is 12.9. The summed E-state index contributed by atoms with van der Waals surface area (Å²) in [5, 5.41) is 24.4. The minimum Gasteiger partial charge on any atom is -0.481 e. The zero-order chi connectivity index (χ0) is 29.8. The van der Waals surface area contributed by atoms with Crippen LogP contribution in [-0.4, -0.2) is 43.1 Å². The van der Waals surface area contributed by atoms with E-state index in [0.717, 1.165) is 57.1 Å². The largest absolute Gasteiger partial charge is 0.481 e. The SMILES string of the molecule is C#C.CC(C)(C)O.Cc1cc2nc(N3CCc4nn(C)c(C)c4C3)sc2c(C2=CCC=C(Cl)C=C2)c1CC(=O)O. The Labute approximate surface area is 245 Å². The summed E-state index contributed by atoms with van der Waals surface area (Å²) in [6.07, 6.45) is 17.5. The first-order valence-electron chi connectivity index (χ1n) is 13.0. The Kier molecular flexibility index (Phi) is 10.0. The van der Waals surface area contributed by atoms with Crippen LogP contribution in [0.2, 0.25) is 0 Å². The van der Waals surface area contributed by atoms with Gasteiger partial charge in [0.2, 0.25) is 0 Å². The monoisotopic (exact) mass is 580 g/mol. The summed E-state index contributed by atoms with van der Waals surface area (Å²) < 4.78 is 2.98. The molecule has 1 aromatic carbocycles. The summed E-state index contributed by atoms with van der Waals surface area (Å²) in [6.45, 7) is 11.0. The van der Waals surface area contributed by atoms with Crippen LogP contribution < -0.4 is 4.90 Å². The van der Waals surface area contributed by atoms with Crippen LogP contribution in [0, 0.1) is 26.7 Å². The number of nitrogens with zero attached hydrogens (tertiary/aromatic N) is 4. The number of benzene rings is 1. The maximum atomic E-state index is 11.7. The van der Waals surface area contributed by atoms with E-state index in [2.05, 4.69) is 35.8 Å². The van der Waals surface area contributed by atoms with E-state index in [1.54, 1.807) is 32.1 Å². The summed E-state index contributed by atoms with van der Waals surface area (Å²) in [7, 11) is 1.99. The molecule has 0 bridgehead atoms. The van der Waals surface area contributed by atoms with Crippen LogP contribution in [0.15, 0.2) is 35.4 Å². The van der Waals surface area contributed by atoms with Gasteiger partial charge in [0.1, 0.15) is 0 Å². The number of fused-ring (bicyclic) bond motifs is 2. The second-order valence-electron chi connectivity index (χ2n) is 10.8. The molecule has 3 aromatic rings. The number of aryl methyl sites for hydroxylation is 2. The van der Waals surface area contributed by atoms with Crippen LogP contribution in [0.5, 0.6) is 0 Å². The van der Waals surface area contributed by atoms with Gasteiger partial charge in [0, 0.05) is 48.4 Å². The molecule has 2 aliphatic rings. The molecule has 2 N–H and O–H groups in total. The van der Waals surface area contributed by atoms with Crippen molar-refractivity contribution in [1.29, 1.82) is 0 Å². The number of thiazole rings is 1. The molecule has 0 unspecified atom stereocenters. The van der Waals surface area contributed by atoms with E-state index < -0.39 is 11.6 Å². The van der Waals surface area contributed by atoms with Gasteiger partial charge in [-0.15, -0.1) is 12.8 Å². The average Bonchev–Trinajstić information content (AvgIpc) is 3.33. The third-order valence-electron chi connectivity index (χ3n) is 6.47. The van der Waals surface area contributed by atoms with E-state index in [1.165, 1.54) is 17.0 Å². The Morgan fingerprint density at radius 1 is 1.20 bits per heavy atom. The molecule has 40 heavy (non-hydrogen) atoms. The lowest BCUT2D eigenvalue weighted by atomic mass is 9.92. The fourth-order valence-corrected chi connectivity index (χ4v) is 5.95. The molecular weight excluding hydrogens is 544 g/mol. The molecule has 0 spiro atoms. The third kappa shape index (κ3) is 7.42. The van der Waals surface area contributed by atoms with Crippen LogP contribution >= 0.6 is 22.9 Å². The fraction of sp³-hybridized carbons (Fsp3) is 0.387. The topological polar surface area (TPSA) is 91.5 Å². The van der Waals surface area contributed by atoms with Gasteiger partial charge in [-0.2, -0.15) is 5.10 Å². The van der Waals surface area contributed by atoms with E-state index in [1.807, 2.05) is 42.9 Å². The fourth-order valence-electron chi connectivity index (χ4n) is 4.63. The van der Waals surface area contributed by atoms with Crippen LogP contribution in [-0.2, 0) is 31.2 Å².